The summed E-state index contributed by atoms with van der Waals surface area (Å²) in [4.78, 5) is 13.1. The summed E-state index contributed by atoms with van der Waals surface area (Å²) < 4.78 is 11.8. The number of carbonyl (C=O) groups excluding carboxylic acids is 1. The van der Waals surface area contributed by atoms with Crippen LogP contribution in [0, 0.1) is 23.2 Å². The fourth-order valence-corrected chi connectivity index (χ4v) is 4.21. The van der Waals surface area contributed by atoms with Gasteiger partial charge in [0.1, 0.15) is 17.6 Å². The van der Waals surface area contributed by atoms with Crippen LogP contribution in [0.1, 0.15) is 52.5 Å². The van der Waals surface area contributed by atoms with E-state index in [1.807, 2.05) is 55.5 Å². The maximum atomic E-state index is 13.1. The minimum Gasteiger partial charge on any atom is -0.493 e. The van der Waals surface area contributed by atoms with Gasteiger partial charge in [-0.1, -0.05) is 63.6 Å². The minimum atomic E-state index is -0.784. The van der Waals surface area contributed by atoms with Crippen molar-refractivity contribution in [1.29, 1.82) is 0 Å². The van der Waals surface area contributed by atoms with Gasteiger partial charge in [0.25, 0.3) is 0 Å². The zero-order valence-corrected chi connectivity index (χ0v) is 16.9. The molecule has 0 spiro atoms. The van der Waals surface area contributed by atoms with E-state index in [-0.39, 0.29) is 18.2 Å². The van der Waals surface area contributed by atoms with E-state index in [9.17, 15) is 4.79 Å². The van der Waals surface area contributed by atoms with Crippen LogP contribution in [0.25, 0.3) is 6.08 Å². The summed E-state index contributed by atoms with van der Waals surface area (Å²) >= 11 is 0. The molecule has 27 heavy (non-hydrogen) atoms. The van der Waals surface area contributed by atoms with Crippen molar-refractivity contribution < 1.29 is 14.3 Å². The lowest BCUT2D eigenvalue weighted by molar-refractivity contribution is -0.167. The van der Waals surface area contributed by atoms with Gasteiger partial charge < -0.3 is 9.47 Å². The Morgan fingerprint density at radius 3 is 2.70 bits per heavy atom. The molecule has 3 heteroatoms. The second-order valence-electron chi connectivity index (χ2n) is 8.68. The lowest BCUT2D eigenvalue weighted by Crippen LogP contribution is -2.42. The number of benzene rings is 1. The summed E-state index contributed by atoms with van der Waals surface area (Å²) in [7, 11) is 0. The van der Waals surface area contributed by atoms with Crippen LogP contribution in [0.5, 0.6) is 0 Å². The molecule has 2 aliphatic rings. The molecule has 1 aliphatic carbocycles. The van der Waals surface area contributed by atoms with Crippen LogP contribution in [-0.2, 0) is 14.3 Å². The van der Waals surface area contributed by atoms with Gasteiger partial charge in [0, 0.05) is 0 Å². The number of ether oxygens (including phenoxy) is 2. The summed E-state index contributed by atoms with van der Waals surface area (Å²) in [6.45, 7) is 8.62. The van der Waals surface area contributed by atoms with Crippen LogP contribution in [0.4, 0.5) is 0 Å². The van der Waals surface area contributed by atoms with Gasteiger partial charge in [-0.25, -0.2) is 0 Å². The lowest BCUT2D eigenvalue weighted by atomic mass is 9.75. The third-order valence-corrected chi connectivity index (χ3v) is 6.15. The molecule has 1 aromatic rings. The third-order valence-electron chi connectivity index (χ3n) is 6.15. The first-order valence-electron chi connectivity index (χ1n) is 10.2. The normalized spacial score (nSPS) is 33.4. The van der Waals surface area contributed by atoms with E-state index < -0.39 is 5.41 Å². The minimum absolute atomic E-state index is 0.00540. The molecule has 1 heterocycles. The van der Waals surface area contributed by atoms with Gasteiger partial charge in [-0.2, -0.15) is 0 Å². The zero-order chi connectivity index (χ0) is 19.4. The Balaban J connectivity index is 1.71. The quantitative estimate of drug-likeness (QED) is 0.633. The summed E-state index contributed by atoms with van der Waals surface area (Å²) in [5.74, 6) is 1.39. The highest BCUT2D eigenvalue weighted by atomic mass is 16.6. The number of hydrogen-bond donors (Lipinski definition) is 0. The number of carbonyl (C=O) groups is 1. The van der Waals surface area contributed by atoms with Crippen molar-refractivity contribution in [1.82, 2.24) is 0 Å². The van der Waals surface area contributed by atoms with Gasteiger partial charge in [-0.05, 0) is 55.2 Å². The fraction of sp³-hybridized carbons (Fsp3) is 0.542. The Kier molecular flexibility index (Phi) is 6.08. The molecule has 1 aromatic carbocycles. The van der Waals surface area contributed by atoms with Gasteiger partial charge >= 0.3 is 5.97 Å². The fourth-order valence-electron chi connectivity index (χ4n) is 4.21. The number of hydrogen-bond acceptors (Lipinski definition) is 3. The van der Waals surface area contributed by atoms with Crippen LogP contribution in [0.15, 0.2) is 48.7 Å². The lowest BCUT2D eigenvalue weighted by Gasteiger charge is -2.38. The van der Waals surface area contributed by atoms with E-state index in [1.165, 1.54) is 6.42 Å². The second-order valence-corrected chi connectivity index (χ2v) is 8.68. The SMILES string of the molecule is CC(C)[C@H]1CC[C@H](C)C[C@@H]1OC(=O)[C@@]1(C)C=CO[C@H]1/C=C/c1ccccc1. The highest BCUT2D eigenvalue weighted by Gasteiger charge is 2.46. The van der Waals surface area contributed by atoms with Crippen LogP contribution < -0.4 is 0 Å². The van der Waals surface area contributed by atoms with Crippen molar-refractivity contribution in [3.05, 3.63) is 54.3 Å². The first-order valence-corrected chi connectivity index (χ1v) is 10.2. The van der Waals surface area contributed by atoms with Crippen molar-refractivity contribution in [2.45, 2.75) is 59.2 Å². The third kappa shape index (κ3) is 4.45. The Labute approximate surface area is 163 Å². The van der Waals surface area contributed by atoms with Crippen molar-refractivity contribution in [2.24, 2.45) is 23.2 Å². The summed E-state index contributed by atoms with van der Waals surface area (Å²) in [5, 5.41) is 0. The molecule has 1 saturated carbocycles. The smallest absolute Gasteiger partial charge is 0.320 e. The summed E-state index contributed by atoms with van der Waals surface area (Å²) in [6, 6.07) is 10.0. The molecule has 0 unspecified atom stereocenters. The van der Waals surface area contributed by atoms with E-state index in [0.29, 0.717) is 17.8 Å². The predicted molar refractivity (Wildman–Crippen MR) is 109 cm³/mol. The molecule has 0 aromatic heterocycles. The zero-order valence-electron chi connectivity index (χ0n) is 16.9. The Morgan fingerprint density at radius 2 is 2.00 bits per heavy atom. The largest absolute Gasteiger partial charge is 0.493 e. The van der Waals surface area contributed by atoms with Gasteiger partial charge in [0.2, 0.25) is 0 Å². The van der Waals surface area contributed by atoms with Crippen LogP contribution >= 0.6 is 0 Å². The molecule has 0 radical (unpaired) electrons. The molecule has 5 atom stereocenters. The van der Waals surface area contributed by atoms with E-state index >= 15 is 0 Å². The molecule has 0 bridgehead atoms. The van der Waals surface area contributed by atoms with Gasteiger partial charge in [0.15, 0.2) is 0 Å². The summed E-state index contributed by atoms with van der Waals surface area (Å²) in [5.41, 5.74) is 0.303. The highest BCUT2D eigenvalue weighted by Crippen LogP contribution is 2.39. The van der Waals surface area contributed by atoms with Gasteiger partial charge in [0.05, 0.1) is 6.26 Å². The molecule has 1 aliphatic heterocycles. The Morgan fingerprint density at radius 1 is 1.26 bits per heavy atom. The number of esters is 1. The molecular weight excluding hydrogens is 336 g/mol. The molecule has 3 rings (SSSR count). The van der Waals surface area contributed by atoms with E-state index in [0.717, 1.165) is 18.4 Å². The Bertz CT molecular complexity index is 691. The average Bonchev–Trinajstić information content (AvgIpc) is 3.02. The second kappa shape index (κ2) is 8.33. The molecule has 0 amide bonds. The molecule has 3 nitrogen and oxygen atoms in total. The highest BCUT2D eigenvalue weighted by molar-refractivity contribution is 5.81. The van der Waals surface area contributed by atoms with Crippen LogP contribution in [-0.4, -0.2) is 18.2 Å². The predicted octanol–water partition coefficient (Wildman–Crippen LogP) is 5.62. The van der Waals surface area contributed by atoms with E-state index in [2.05, 4.69) is 20.8 Å². The Hall–Kier alpha value is -2.03. The van der Waals surface area contributed by atoms with E-state index in [1.54, 1.807) is 6.26 Å². The topological polar surface area (TPSA) is 35.5 Å². The van der Waals surface area contributed by atoms with Crippen molar-refractivity contribution >= 4 is 12.0 Å². The van der Waals surface area contributed by atoms with E-state index in [4.69, 9.17) is 9.47 Å². The monoisotopic (exact) mass is 368 g/mol. The average molecular weight is 369 g/mol. The van der Waals surface area contributed by atoms with Gasteiger partial charge in [-0.3, -0.25) is 4.79 Å². The van der Waals surface area contributed by atoms with Crippen molar-refractivity contribution in [2.75, 3.05) is 0 Å². The molecule has 146 valence electrons. The maximum Gasteiger partial charge on any atom is 0.320 e. The van der Waals surface area contributed by atoms with Crippen LogP contribution in [0.2, 0.25) is 0 Å². The number of rotatable bonds is 5. The maximum absolute atomic E-state index is 13.1. The molecule has 0 N–H and O–H groups in total. The molecule has 1 fully saturated rings. The van der Waals surface area contributed by atoms with Gasteiger partial charge in [-0.15, -0.1) is 0 Å². The van der Waals surface area contributed by atoms with Crippen molar-refractivity contribution in [3.63, 3.8) is 0 Å². The first kappa shape index (κ1) is 19.7. The van der Waals surface area contributed by atoms with Crippen LogP contribution in [0.3, 0.4) is 0 Å². The first-order chi connectivity index (χ1) is 12.9. The standard InChI is InChI=1S/C24H32O3/c1-17(2)20-12-10-18(3)16-21(20)27-23(25)24(4)14-15-26-22(24)13-11-19-8-6-5-7-9-19/h5-9,11,13-15,17-18,20-22H,10,12,16H2,1-4H3/b13-11+/t18-,20+,21-,22-,24-/m0/s1. The molecular formula is C24H32O3. The van der Waals surface area contributed by atoms with Crippen molar-refractivity contribution in [3.8, 4) is 0 Å². The molecule has 0 saturated heterocycles. The summed E-state index contributed by atoms with van der Waals surface area (Å²) in [6.07, 6.45) is 10.4.